The van der Waals surface area contributed by atoms with Gasteiger partial charge in [-0.3, -0.25) is 9.97 Å². The number of benzene rings is 2. The summed E-state index contributed by atoms with van der Waals surface area (Å²) in [6.07, 6.45) is 15.8. The van der Waals surface area contributed by atoms with Gasteiger partial charge in [0.25, 0.3) is 0 Å². The summed E-state index contributed by atoms with van der Waals surface area (Å²) in [5.41, 5.74) is 17.8. The topological polar surface area (TPSA) is 83.1 Å². The van der Waals surface area contributed by atoms with Crippen molar-refractivity contribution in [1.82, 2.24) is 29.9 Å². The van der Waals surface area contributed by atoms with Crippen molar-refractivity contribution >= 4 is 46.4 Å². The molecule has 0 radical (unpaired) electrons. The third-order valence-electron chi connectivity index (χ3n) is 9.33. The van der Waals surface area contributed by atoms with Crippen molar-refractivity contribution in [2.75, 3.05) is 0 Å². The van der Waals surface area contributed by atoms with Crippen LogP contribution in [0.2, 0.25) is 0 Å². The van der Waals surface area contributed by atoms with Crippen molar-refractivity contribution in [3.63, 3.8) is 0 Å². The zero-order valence-electron chi connectivity index (χ0n) is 27.6. The molecule has 2 aromatic carbocycles. The molecule has 6 nitrogen and oxygen atoms in total. The number of aromatic nitrogens is 6. The number of pyridine rings is 2. The maximum Gasteiger partial charge on any atom is 0.0737 e. The lowest BCUT2D eigenvalue weighted by Crippen LogP contribution is -1.90. The van der Waals surface area contributed by atoms with E-state index in [9.17, 15) is 0 Å². The highest BCUT2D eigenvalue weighted by Gasteiger charge is 2.19. The van der Waals surface area contributed by atoms with E-state index in [1.165, 1.54) is 11.1 Å². The number of aromatic amines is 2. The van der Waals surface area contributed by atoms with Gasteiger partial charge in [0.05, 0.1) is 22.8 Å². The first-order valence-corrected chi connectivity index (χ1v) is 16.7. The zero-order chi connectivity index (χ0) is 33.6. The van der Waals surface area contributed by atoms with Crippen LogP contribution in [0.5, 0.6) is 0 Å². The van der Waals surface area contributed by atoms with Crippen LogP contribution in [0.4, 0.5) is 0 Å². The predicted octanol–water partition coefficient (Wildman–Crippen LogP) is 10.7. The van der Waals surface area contributed by atoms with Crippen molar-refractivity contribution in [2.45, 2.75) is 13.8 Å². The Morgan fingerprint density at radius 3 is 1.04 bits per heavy atom. The molecule has 2 aliphatic heterocycles. The maximum absolute atomic E-state index is 5.34. The lowest BCUT2D eigenvalue weighted by molar-refractivity contribution is 1.29. The lowest BCUT2D eigenvalue weighted by Gasteiger charge is -2.07. The highest BCUT2D eigenvalue weighted by atomic mass is 14.8. The molecule has 7 heterocycles. The molecule has 0 amide bonds. The van der Waals surface area contributed by atoms with E-state index in [1.54, 1.807) is 12.4 Å². The number of aryl methyl sites for hydroxylation is 2. The number of rotatable bonds is 4. The van der Waals surface area contributed by atoms with Crippen LogP contribution in [0.15, 0.2) is 122 Å². The van der Waals surface area contributed by atoms with Gasteiger partial charge < -0.3 is 9.97 Å². The summed E-state index contributed by atoms with van der Waals surface area (Å²) >= 11 is 0. The second-order valence-corrected chi connectivity index (χ2v) is 12.7. The van der Waals surface area contributed by atoms with Crippen LogP contribution in [-0.4, -0.2) is 29.9 Å². The van der Waals surface area contributed by atoms with Gasteiger partial charge in [-0.2, -0.15) is 0 Å². The second kappa shape index (κ2) is 12.1. The molecule has 5 aromatic heterocycles. The highest BCUT2D eigenvalue weighted by molar-refractivity contribution is 5.99. The summed E-state index contributed by atoms with van der Waals surface area (Å²) < 4.78 is 0. The molecular formula is C44H32N6. The van der Waals surface area contributed by atoms with E-state index in [4.69, 9.17) is 9.97 Å². The Hall–Kier alpha value is -6.66. The Morgan fingerprint density at radius 1 is 0.380 bits per heavy atom. The monoisotopic (exact) mass is 644 g/mol. The molecule has 0 aliphatic carbocycles. The van der Waals surface area contributed by atoms with Gasteiger partial charge in [-0.05, 0) is 85.7 Å². The fourth-order valence-electron chi connectivity index (χ4n) is 6.88. The molecule has 0 saturated heterocycles. The quantitative estimate of drug-likeness (QED) is 0.200. The number of hydrogen-bond acceptors (Lipinski definition) is 4. The molecule has 0 atom stereocenters. The van der Waals surface area contributed by atoms with E-state index >= 15 is 0 Å². The summed E-state index contributed by atoms with van der Waals surface area (Å²) in [5.74, 6) is 0. The number of nitrogens with one attached hydrogen (secondary N) is 2. The van der Waals surface area contributed by atoms with Crippen molar-refractivity contribution in [3.05, 3.63) is 156 Å². The fourth-order valence-corrected chi connectivity index (χ4v) is 6.88. The molecule has 0 fully saturated rings. The van der Waals surface area contributed by atoms with Crippen LogP contribution in [0, 0.1) is 13.8 Å². The molecular weight excluding hydrogens is 613 g/mol. The maximum atomic E-state index is 5.34. The standard InChI is InChI=1S/C44H32N6/c1-27-7-11-29(12-8-27)41-33-15-19-37(47-33)43(31-5-3-23-45-25-31)39-21-17-35(49-39)42(30-13-9-28(2)10-14-30)36-18-22-40(50-36)44(32-6-4-24-46-26-32)38-20-16-34(41)48-38/h3-26,47,50H,1-2H3. The minimum Gasteiger partial charge on any atom is -0.354 e. The molecule has 9 rings (SSSR count). The Bertz CT molecular complexity index is 2440. The van der Waals surface area contributed by atoms with Crippen LogP contribution in [0.3, 0.4) is 0 Å². The number of fused-ring (bicyclic) bond motifs is 8. The summed E-state index contributed by atoms with van der Waals surface area (Å²) in [6.45, 7) is 4.22. The normalized spacial score (nSPS) is 12.0. The predicted molar refractivity (Wildman–Crippen MR) is 206 cm³/mol. The molecule has 0 spiro atoms. The van der Waals surface area contributed by atoms with Crippen LogP contribution in [0.25, 0.3) is 90.9 Å². The molecule has 6 heteroatoms. The Labute approximate surface area is 289 Å². The summed E-state index contributed by atoms with van der Waals surface area (Å²) in [4.78, 5) is 27.2. The van der Waals surface area contributed by atoms with E-state index in [-0.39, 0.29) is 0 Å². The second-order valence-electron chi connectivity index (χ2n) is 12.7. The lowest BCUT2D eigenvalue weighted by atomic mass is 10.0. The van der Waals surface area contributed by atoms with Gasteiger partial charge >= 0.3 is 0 Å². The van der Waals surface area contributed by atoms with Gasteiger partial charge in [0.1, 0.15) is 0 Å². The third kappa shape index (κ3) is 5.24. The Kier molecular flexibility index (Phi) is 7.13. The van der Waals surface area contributed by atoms with Gasteiger partial charge in [0, 0.05) is 80.2 Å². The van der Waals surface area contributed by atoms with Gasteiger partial charge in [-0.1, -0.05) is 71.8 Å². The van der Waals surface area contributed by atoms with Crippen molar-refractivity contribution < 1.29 is 0 Å². The highest BCUT2D eigenvalue weighted by Crippen LogP contribution is 2.38. The molecule has 2 N–H and O–H groups in total. The molecule has 0 saturated carbocycles. The van der Waals surface area contributed by atoms with Gasteiger partial charge in [0.2, 0.25) is 0 Å². The van der Waals surface area contributed by atoms with Gasteiger partial charge in [0.15, 0.2) is 0 Å². The molecule has 7 aromatic rings. The van der Waals surface area contributed by atoms with E-state index in [0.29, 0.717) is 0 Å². The third-order valence-corrected chi connectivity index (χ3v) is 9.33. The minimum atomic E-state index is 0.859. The number of hydrogen-bond donors (Lipinski definition) is 2. The molecule has 2 aliphatic rings. The number of nitrogens with zero attached hydrogens (tertiary/aromatic N) is 4. The molecule has 50 heavy (non-hydrogen) atoms. The fraction of sp³-hybridized carbons (Fsp3) is 0.0455. The van der Waals surface area contributed by atoms with Crippen molar-refractivity contribution in [2.24, 2.45) is 0 Å². The first-order valence-electron chi connectivity index (χ1n) is 16.7. The van der Waals surface area contributed by atoms with Crippen LogP contribution < -0.4 is 0 Å². The molecule has 238 valence electrons. The average molecular weight is 645 g/mol. The number of H-pyrrole nitrogens is 2. The molecule has 0 unspecified atom stereocenters. The van der Waals surface area contributed by atoms with E-state index < -0.39 is 0 Å². The van der Waals surface area contributed by atoms with Crippen molar-refractivity contribution in [3.8, 4) is 44.5 Å². The van der Waals surface area contributed by atoms with Gasteiger partial charge in [-0.15, -0.1) is 0 Å². The Morgan fingerprint density at radius 2 is 0.720 bits per heavy atom. The smallest absolute Gasteiger partial charge is 0.0737 e. The van der Waals surface area contributed by atoms with Crippen molar-refractivity contribution in [1.29, 1.82) is 0 Å². The van der Waals surface area contributed by atoms with E-state index in [2.05, 4.69) is 143 Å². The van der Waals surface area contributed by atoms with E-state index in [0.717, 1.165) is 89.4 Å². The van der Waals surface area contributed by atoms with Crippen LogP contribution >= 0.6 is 0 Å². The van der Waals surface area contributed by atoms with E-state index in [1.807, 2.05) is 24.5 Å². The largest absolute Gasteiger partial charge is 0.354 e. The summed E-state index contributed by atoms with van der Waals surface area (Å²) in [7, 11) is 0. The summed E-state index contributed by atoms with van der Waals surface area (Å²) in [6, 6.07) is 33.9. The Balaban J connectivity index is 1.47. The minimum absolute atomic E-state index is 0.859. The summed E-state index contributed by atoms with van der Waals surface area (Å²) in [5, 5.41) is 0. The first-order chi connectivity index (χ1) is 24.6. The van der Waals surface area contributed by atoms with Crippen LogP contribution in [0.1, 0.15) is 33.9 Å². The average Bonchev–Trinajstić information content (AvgIpc) is 3.98. The first kappa shape index (κ1) is 29.5. The van der Waals surface area contributed by atoms with Crippen LogP contribution in [-0.2, 0) is 0 Å². The zero-order valence-corrected chi connectivity index (χ0v) is 27.6. The van der Waals surface area contributed by atoms with Gasteiger partial charge in [-0.25, -0.2) is 9.97 Å². The SMILES string of the molecule is Cc1ccc(-c2c3nc(c(-c4cccnc4)c4ccc([nH]4)c(-c4ccc(C)cc4)c4nc(c(-c5cccnc5)c5ccc2[nH]5)C=C4)C=C3)cc1. The molecule has 8 bridgehead atoms.